The molecule has 0 radical (unpaired) electrons. The average molecular weight is 286 g/mol. The van der Waals surface area contributed by atoms with Crippen LogP contribution in [0.1, 0.15) is 0 Å². The first-order valence-electron chi connectivity index (χ1n) is 5.30. The molecule has 0 spiro atoms. The molecule has 0 atom stereocenters. The van der Waals surface area contributed by atoms with Gasteiger partial charge in [-0.05, 0) is 24.3 Å². The molecule has 0 saturated carbocycles. The molecule has 0 unspecified atom stereocenters. The highest BCUT2D eigenvalue weighted by Crippen LogP contribution is 2.14. The number of aromatic nitrogens is 2. The molecule has 0 aliphatic carbocycles. The Hall–Kier alpha value is -1.37. The Labute approximate surface area is 110 Å². The minimum atomic E-state index is -3.51. The second-order valence-electron chi connectivity index (χ2n) is 3.62. The van der Waals surface area contributed by atoms with Crippen molar-refractivity contribution in [2.24, 2.45) is 0 Å². The van der Waals surface area contributed by atoms with Crippen LogP contribution in [0.3, 0.4) is 0 Å². The van der Waals surface area contributed by atoms with Crippen LogP contribution in [0.25, 0.3) is 0 Å². The maximum absolute atomic E-state index is 11.9. The van der Waals surface area contributed by atoms with Gasteiger partial charge in [0.1, 0.15) is 0 Å². The Balaban J connectivity index is 1.99. The summed E-state index contributed by atoms with van der Waals surface area (Å²) in [6.07, 6.45) is 3.42. The first-order valence-corrected chi connectivity index (χ1v) is 7.17. The van der Waals surface area contributed by atoms with Crippen molar-refractivity contribution in [1.82, 2.24) is 14.5 Å². The average Bonchev–Trinajstić information content (AvgIpc) is 2.82. The van der Waals surface area contributed by atoms with E-state index in [1.54, 1.807) is 35.3 Å². The van der Waals surface area contributed by atoms with Gasteiger partial charge in [0, 0.05) is 24.0 Å². The molecule has 1 aromatic heterocycles. The van der Waals surface area contributed by atoms with E-state index in [2.05, 4.69) is 9.82 Å². The predicted octanol–water partition coefficient (Wildman–Crippen LogP) is 1.51. The number of hydrogen-bond donors (Lipinski definition) is 1. The molecule has 1 N–H and O–H groups in total. The summed E-state index contributed by atoms with van der Waals surface area (Å²) >= 11 is 5.76. The molecule has 7 heteroatoms. The smallest absolute Gasteiger partial charge is 0.240 e. The molecular weight excluding hydrogens is 274 g/mol. The lowest BCUT2D eigenvalue weighted by atomic mass is 10.4. The molecule has 1 aromatic carbocycles. The number of rotatable bonds is 5. The van der Waals surface area contributed by atoms with Crippen molar-refractivity contribution in [3.8, 4) is 0 Å². The third-order valence-electron chi connectivity index (χ3n) is 2.30. The zero-order valence-corrected chi connectivity index (χ0v) is 11.0. The van der Waals surface area contributed by atoms with Gasteiger partial charge in [-0.2, -0.15) is 5.10 Å². The van der Waals surface area contributed by atoms with Crippen LogP contribution in [0.5, 0.6) is 0 Å². The molecule has 0 amide bonds. The Morgan fingerprint density at radius 2 is 2.17 bits per heavy atom. The molecule has 18 heavy (non-hydrogen) atoms. The van der Waals surface area contributed by atoms with Crippen LogP contribution in [-0.2, 0) is 16.6 Å². The zero-order valence-electron chi connectivity index (χ0n) is 9.45. The van der Waals surface area contributed by atoms with Crippen LogP contribution in [0.15, 0.2) is 47.6 Å². The van der Waals surface area contributed by atoms with E-state index in [9.17, 15) is 8.42 Å². The molecule has 96 valence electrons. The second kappa shape index (κ2) is 5.51. The normalized spacial score (nSPS) is 11.6. The topological polar surface area (TPSA) is 64.0 Å². The number of nitrogens with one attached hydrogen (secondary N) is 1. The van der Waals surface area contributed by atoms with Crippen molar-refractivity contribution in [2.75, 3.05) is 6.54 Å². The Morgan fingerprint density at radius 3 is 2.83 bits per heavy atom. The monoisotopic (exact) mass is 285 g/mol. The zero-order chi connectivity index (χ0) is 13.0. The van der Waals surface area contributed by atoms with Gasteiger partial charge in [0.15, 0.2) is 0 Å². The van der Waals surface area contributed by atoms with E-state index in [4.69, 9.17) is 11.6 Å². The lowest BCUT2D eigenvalue weighted by molar-refractivity contribution is 0.561. The van der Waals surface area contributed by atoms with E-state index in [0.29, 0.717) is 11.6 Å². The third kappa shape index (κ3) is 3.32. The summed E-state index contributed by atoms with van der Waals surface area (Å²) in [6, 6.07) is 7.93. The number of hydrogen-bond acceptors (Lipinski definition) is 3. The predicted molar refractivity (Wildman–Crippen MR) is 68.9 cm³/mol. The summed E-state index contributed by atoms with van der Waals surface area (Å²) in [7, 11) is -3.51. The van der Waals surface area contributed by atoms with Crippen molar-refractivity contribution in [1.29, 1.82) is 0 Å². The van der Waals surface area contributed by atoms with Gasteiger partial charge in [0.2, 0.25) is 10.0 Å². The van der Waals surface area contributed by atoms with Gasteiger partial charge in [-0.3, -0.25) is 4.68 Å². The summed E-state index contributed by atoms with van der Waals surface area (Å²) in [5.41, 5.74) is 0. The van der Waals surface area contributed by atoms with Crippen molar-refractivity contribution in [3.63, 3.8) is 0 Å². The summed E-state index contributed by atoms with van der Waals surface area (Å²) in [4.78, 5) is 0.162. The first-order chi connectivity index (χ1) is 8.58. The number of benzene rings is 1. The highest BCUT2D eigenvalue weighted by atomic mass is 35.5. The maximum Gasteiger partial charge on any atom is 0.240 e. The minimum Gasteiger partial charge on any atom is -0.271 e. The van der Waals surface area contributed by atoms with Gasteiger partial charge in [-0.15, -0.1) is 0 Å². The lowest BCUT2D eigenvalue weighted by Crippen LogP contribution is -2.27. The summed E-state index contributed by atoms with van der Waals surface area (Å²) in [6.45, 7) is 0.753. The molecule has 1 heterocycles. The van der Waals surface area contributed by atoms with Crippen LogP contribution in [-0.4, -0.2) is 24.7 Å². The Kier molecular flexibility index (Phi) is 4.00. The summed E-state index contributed by atoms with van der Waals surface area (Å²) < 4.78 is 28.0. The van der Waals surface area contributed by atoms with Crippen LogP contribution >= 0.6 is 11.6 Å². The number of halogens is 1. The van der Waals surface area contributed by atoms with Crippen molar-refractivity contribution >= 4 is 21.6 Å². The van der Waals surface area contributed by atoms with Crippen molar-refractivity contribution in [2.45, 2.75) is 11.4 Å². The second-order valence-corrected chi connectivity index (χ2v) is 5.83. The van der Waals surface area contributed by atoms with Crippen molar-refractivity contribution in [3.05, 3.63) is 47.7 Å². The Morgan fingerprint density at radius 1 is 1.33 bits per heavy atom. The molecule has 0 saturated heterocycles. The highest BCUT2D eigenvalue weighted by Gasteiger charge is 2.13. The molecule has 2 rings (SSSR count). The molecule has 0 fully saturated rings. The molecular formula is C11H12ClN3O2S. The fourth-order valence-corrected chi connectivity index (χ4v) is 2.77. The van der Waals surface area contributed by atoms with E-state index in [1.165, 1.54) is 12.1 Å². The van der Waals surface area contributed by atoms with Gasteiger partial charge >= 0.3 is 0 Å². The SMILES string of the molecule is O=S(=O)(NCCn1cccn1)c1cccc(Cl)c1. The quantitative estimate of drug-likeness (QED) is 0.906. The van der Waals surface area contributed by atoms with E-state index in [-0.39, 0.29) is 11.4 Å². The Bertz CT molecular complexity index is 611. The molecule has 5 nitrogen and oxygen atoms in total. The largest absolute Gasteiger partial charge is 0.271 e. The number of sulfonamides is 1. The van der Waals surface area contributed by atoms with E-state index in [1.807, 2.05) is 0 Å². The third-order valence-corrected chi connectivity index (χ3v) is 3.99. The molecule has 0 aliphatic heterocycles. The summed E-state index contributed by atoms with van der Waals surface area (Å²) in [5, 5.41) is 4.38. The van der Waals surface area contributed by atoms with Crippen LogP contribution in [0.4, 0.5) is 0 Å². The van der Waals surface area contributed by atoms with E-state index < -0.39 is 10.0 Å². The number of nitrogens with zero attached hydrogens (tertiary/aromatic N) is 2. The molecule has 2 aromatic rings. The fourth-order valence-electron chi connectivity index (χ4n) is 1.44. The maximum atomic E-state index is 11.9. The fraction of sp³-hybridized carbons (Fsp3) is 0.182. The van der Waals surface area contributed by atoms with E-state index >= 15 is 0 Å². The van der Waals surface area contributed by atoms with Gasteiger partial charge in [0.25, 0.3) is 0 Å². The minimum absolute atomic E-state index is 0.162. The van der Waals surface area contributed by atoms with Crippen LogP contribution in [0, 0.1) is 0 Å². The first kappa shape index (κ1) is 13.1. The highest BCUT2D eigenvalue weighted by molar-refractivity contribution is 7.89. The van der Waals surface area contributed by atoms with Gasteiger partial charge in [0.05, 0.1) is 11.4 Å². The molecule has 0 bridgehead atoms. The van der Waals surface area contributed by atoms with Crippen LogP contribution < -0.4 is 4.72 Å². The molecule has 0 aliphatic rings. The lowest BCUT2D eigenvalue weighted by Gasteiger charge is -2.07. The van der Waals surface area contributed by atoms with E-state index in [0.717, 1.165) is 0 Å². The van der Waals surface area contributed by atoms with Gasteiger partial charge in [-0.25, -0.2) is 13.1 Å². The summed E-state index contributed by atoms with van der Waals surface area (Å²) in [5.74, 6) is 0. The van der Waals surface area contributed by atoms with Gasteiger partial charge in [-0.1, -0.05) is 17.7 Å². The van der Waals surface area contributed by atoms with Crippen molar-refractivity contribution < 1.29 is 8.42 Å². The standard InChI is InChI=1S/C11H12ClN3O2S/c12-10-3-1-4-11(9-10)18(16,17)14-6-8-15-7-2-5-13-15/h1-5,7,9,14H,6,8H2. The van der Waals surface area contributed by atoms with Gasteiger partial charge < -0.3 is 0 Å². The van der Waals surface area contributed by atoms with Crippen LogP contribution in [0.2, 0.25) is 5.02 Å².